The lowest BCUT2D eigenvalue weighted by Crippen LogP contribution is -2.18. The maximum Gasteiger partial charge on any atom is 0.113 e. The van der Waals surface area contributed by atoms with Crippen LogP contribution in [-0.4, -0.2) is 12.8 Å². The molecular formula is C18H25NOS. The first-order valence-electron chi connectivity index (χ1n) is 7.55. The summed E-state index contributed by atoms with van der Waals surface area (Å²) in [5.74, 6) is 3.72. The fraction of sp³-hybridized carbons (Fsp3) is 0.444. The van der Waals surface area contributed by atoms with Gasteiger partial charge in [-0.3, -0.25) is 0 Å². The molecule has 1 atom stereocenters. The van der Waals surface area contributed by atoms with Crippen LogP contribution in [0.5, 0.6) is 0 Å². The smallest absolute Gasteiger partial charge is 0.113 e. The van der Waals surface area contributed by atoms with Gasteiger partial charge in [-0.15, -0.1) is 0 Å². The van der Waals surface area contributed by atoms with E-state index in [0.717, 1.165) is 23.7 Å². The zero-order valence-corrected chi connectivity index (χ0v) is 14.0. The second kappa shape index (κ2) is 8.30. The molecule has 2 nitrogen and oxygen atoms in total. The third-order valence-electron chi connectivity index (χ3n) is 3.48. The molecule has 1 aromatic carbocycles. The van der Waals surface area contributed by atoms with Gasteiger partial charge in [0.25, 0.3) is 0 Å². The van der Waals surface area contributed by atoms with E-state index in [1.54, 1.807) is 6.26 Å². The third-order valence-corrected chi connectivity index (χ3v) is 4.54. The SMILES string of the molecule is CNC(CSCc1ccco1)c1ccc(CC(C)C)cc1. The van der Waals surface area contributed by atoms with Gasteiger partial charge < -0.3 is 9.73 Å². The molecule has 0 radical (unpaired) electrons. The zero-order chi connectivity index (χ0) is 15.1. The molecule has 21 heavy (non-hydrogen) atoms. The van der Waals surface area contributed by atoms with Crippen molar-refractivity contribution in [2.75, 3.05) is 12.8 Å². The van der Waals surface area contributed by atoms with E-state index in [4.69, 9.17) is 4.42 Å². The molecule has 0 fully saturated rings. The molecular weight excluding hydrogens is 278 g/mol. The minimum Gasteiger partial charge on any atom is -0.468 e. The van der Waals surface area contributed by atoms with Crippen molar-refractivity contribution < 1.29 is 4.42 Å². The van der Waals surface area contributed by atoms with Crippen LogP contribution >= 0.6 is 11.8 Å². The van der Waals surface area contributed by atoms with Gasteiger partial charge in [0.15, 0.2) is 0 Å². The topological polar surface area (TPSA) is 25.2 Å². The van der Waals surface area contributed by atoms with Gasteiger partial charge in [-0.05, 0) is 42.6 Å². The number of thioether (sulfide) groups is 1. The average Bonchev–Trinajstić information content (AvgIpc) is 2.97. The molecule has 0 aliphatic carbocycles. The molecule has 0 spiro atoms. The van der Waals surface area contributed by atoms with Gasteiger partial charge in [0.2, 0.25) is 0 Å². The molecule has 3 heteroatoms. The number of nitrogens with one attached hydrogen (secondary N) is 1. The Morgan fingerprint density at radius 2 is 1.90 bits per heavy atom. The molecule has 1 aromatic heterocycles. The van der Waals surface area contributed by atoms with Gasteiger partial charge in [0.05, 0.1) is 12.0 Å². The van der Waals surface area contributed by atoms with Gasteiger partial charge in [0.1, 0.15) is 5.76 Å². The normalized spacial score (nSPS) is 12.8. The van der Waals surface area contributed by atoms with E-state index in [-0.39, 0.29) is 0 Å². The van der Waals surface area contributed by atoms with Crippen LogP contribution in [0, 0.1) is 5.92 Å². The van der Waals surface area contributed by atoms with E-state index in [9.17, 15) is 0 Å². The highest BCUT2D eigenvalue weighted by Gasteiger charge is 2.10. The van der Waals surface area contributed by atoms with Gasteiger partial charge in [-0.1, -0.05) is 38.1 Å². The predicted molar refractivity (Wildman–Crippen MR) is 91.7 cm³/mol. The van der Waals surface area contributed by atoms with E-state index in [1.165, 1.54) is 11.1 Å². The number of benzene rings is 1. The molecule has 0 bridgehead atoms. The van der Waals surface area contributed by atoms with E-state index in [0.29, 0.717) is 12.0 Å². The molecule has 0 saturated carbocycles. The first kappa shape index (κ1) is 16.2. The molecule has 2 rings (SSSR count). The largest absolute Gasteiger partial charge is 0.468 e. The van der Waals surface area contributed by atoms with E-state index in [1.807, 2.05) is 30.9 Å². The fourth-order valence-electron chi connectivity index (χ4n) is 2.38. The lowest BCUT2D eigenvalue weighted by atomic mass is 10.00. The second-order valence-electron chi connectivity index (χ2n) is 5.78. The Morgan fingerprint density at radius 1 is 1.14 bits per heavy atom. The quantitative estimate of drug-likeness (QED) is 0.767. The first-order valence-corrected chi connectivity index (χ1v) is 8.70. The number of rotatable bonds is 8. The standard InChI is InChI=1S/C18H25NOS/c1-14(2)11-15-6-8-16(9-7-15)18(19-3)13-21-12-17-5-4-10-20-17/h4-10,14,18-19H,11-13H2,1-3H3. The van der Waals surface area contributed by atoms with Crippen LogP contribution in [-0.2, 0) is 12.2 Å². The molecule has 1 heterocycles. The molecule has 0 aliphatic rings. The van der Waals surface area contributed by atoms with Gasteiger partial charge in [-0.25, -0.2) is 0 Å². The molecule has 0 aliphatic heterocycles. The minimum absolute atomic E-state index is 0.387. The zero-order valence-electron chi connectivity index (χ0n) is 13.1. The Balaban J connectivity index is 1.87. The fourth-order valence-corrected chi connectivity index (χ4v) is 3.45. The Labute approximate surface area is 132 Å². The van der Waals surface area contributed by atoms with Crippen molar-refractivity contribution in [1.29, 1.82) is 0 Å². The van der Waals surface area contributed by atoms with Crippen molar-refractivity contribution in [3.05, 3.63) is 59.5 Å². The summed E-state index contributed by atoms with van der Waals surface area (Å²) in [6, 6.07) is 13.4. The highest BCUT2D eigenvalue weighted by molar-refractivity contribution is 7.98. The van der Waals surface area contributed by atoms with Crippen LogP contribution in [0.25, 0.3) is 0 Å². The monoisotopic (exact) mass is 303 g/mol. The summed E-state index contributed by atoms with van der Waals surface area (Å²) < 4.78 is 5.37. The van der Waals surface area contributed by atoms with E-state index in [2.05, 4.69) is 43.4 Å². The summed E-state index contributed by atoms with van der Waals surface area (Å²) >= 11 is 1.90. The van der Waals surface area contributed by atoms with Crippen LogP contribution in [0.4, 0.5) is 0 Å². The first-order chi connectivity index (χ1) is 10.2. The van der Waals surface area contributed by atoms with Crippen molar-refractivity contribution in [1.82, 2.24) is 5.32 Å². The molecule has 114 valence electrons. The van der Waals surface area contributed by atoms with Crippen molar-refractivity contribution in [3.63, 3.8) is 0 Å². The van der Waals surface area contributed by atoms with Crippen molar-refractivity contribution in [2.24, 2.45) is 5.92 Å². The van der Waals surface area contributed by atoms with Gasteiger partial charge in [0, 0.05) is 11.8 Å². The molecule has 0 saturated heterocycles. The maximum atomic E-state index is 5.37. The van der Waals surface area contributed by atoms with Crippen LogP contribution in [0.15, 0.2) is 47.1 Å². The Hall–Kier alpha value is -1.19. The molecule has 0 amide bonds. The Kier molecular flexibility index (Phi) is 6.40. The van der Waals surface area contributed by atoms with Gasteiger partial charge >= 0.3 is 0 Å². The summed E-state index contributed by atoms with van der Waals surface area (Å²) in [5, 5.41) is 3.41. The second-order valence-corrected chi connectivity index (χ2v) is 6.81. The maximum absolute atomic E-state index is 5.37. The highest BCUT2D eigenvalue weighted by Crippen LogP contribution is 2.22. The third kappa shape index (κ3) is 5.25. The van der Waals surface area contributed by atoms with Crippen LogP contribution in [0.2, 0.25) is 0 Å². The van der Waals surface area contributed by atoms with Crippen LogP contribution < -0.4 is 5.32 Å². The number of hydrogen-bond donors (Lipinski definition) is 1. The summed E-state index contributed by atoms with van der Waals surface area (Å²) in [7, 11) is 2.03. The van der Waals surface area contributed by atoms with E-state index < -0.39 is 0 Å². The van der Waals surface area contributed by atoms with E-state index >= 15 is 0 Å². The average molecular weight is 303 g/mol. The highest BCUT2D eigenvalue weighted by atomic mass is 32.2. The molecule has 1 unspecified atom stereocenters. The summed E-state index contributed by atoms with van der Waals surface area (Å²) in [4.78, 5) is 0. The summed E-state index contributed by atoms with van der Waals surface area (Å²) in [6.45, 7) is 4.52. The van der Waals surface area contributed by atoms with Crippen molar-refractivity contribution in [3.8, 4) is 0 Å². The van der Waals surface area contributed by atoms with Crippen molar-refractivity contribution in [2.45, 2.75) is 32.1 Å². The minimum atomic E-state index is 0.387. The lowest BCUT2D eigenvalue weighted by Gasteiger charge is -2.17. The molecule has 2 aromatic rings. The van der Waals surface area contributed by atoms with Crippen LogP contribution in [0.3, 0.4) is 0 Å². The van der Waals surface area contributed by atoms with Gasteiger partial charge in [-0.2, -0.15) is 11.8 Å². The molecule has 1 N–H and O–H groups in total. The summed E-state index contributed by atoms with van der Waals surface area (Å²) in [5.41, 5.74) is 2.78. The van der Waals surface area contributed by atoms with Crippen molar-refractivity contribution >= 4 is 11.8 Å². The number of furan rings is 1. The Morgan fingerprint density at radius 3 is 2.48 bits per heavy atom. The Bertz CT molecular complexity index is 505. The number of hydrogen-bond acceptors (Lipinski definition) is 3. The summed E-state index contributed by atoms with van der Waals surface area (Å²) in [6.07, 6.45) is 2.89. The lowest BCUT2D eigenvalue weighted by molar-refractivity contribution is 0.530. The predicted octanol–water partition coefficient (Wildman–Crippen LogP) is 4.67. The van der Waals surface area contributed by atoms with Crippen LogP contribution in [0.1, 0.15) is 36.8 Å².